The highest BCUT2D eigenvalue weighted by Gasteiger charge is 2.04. The van der Waals surface area contributed by atoms with Crippen LogP contribution in [0.25, 0.3) is 6.08 Å². The molecule has 0 aliphatic carbocycles. The first-order valence-electron chi connectivity index (χ1n) is 6.75. The fraction of sp³-hybridized carbons (Fsp3) is 0.118. The first-order valence-corrected chi connectivity index (χ1v) is 6.75. The SMILES string of the molecule is COc1ccccc1C=CC(=O)Nc1ccc(OC(F)F)cc1. The number of nitrogens with one attached hydrogen (secondary N) is 1. The van der Waals surface area contributed by atoms with Crippen LogP contribution in [0.2, 0.25) is 0 Å². The molecule has 0 atom stereocenters. The molecule has 1 amide bonds. The van der Waals surface area contributed by atoms with Crippen molar-refractivity contribution in [1.29, 1.82) is 0 Å². The molecule has 0 heterocycles. The van der Waals surface area contributed by atoms with Gasteiger partial charge in [-0.2, -0.15) is 8.78 Å². The van der Waals surface area contributed by atoms with E-state index in [0.29, 0.717) is 11.4 Å². The molecule has 0 radical (unpaired) electrons. The second kappa shape index (κ2) is 7.93. The number of amides is 1. The molecule has 0 saturated heterocycles. The number of rotatable bonds is 6. The standard InChI is InChI=1S/C17H15F2NO3/c1-22-15-5-3-2-4-12(15)6-11-16(21)20-13-7-9-14(10-8-13)23-17(18)19/h2-11,17H,1H3,(H,20,21). The maximum Gasteiger partial charge on any atom is 0.387 e. The molecule has 0 bridgehead atoms. The van der Waals surface area contributed by atoms with Crippen LogP contribution in [-0.4, -0.2) is 19.6 Å². The lowest BCUT2D eigenvalue weighted by Crippen LogP contribution is -2.08. The highest BCUT2D eigenvalue weighted by Crippen LogP contribution is 2.19. The summed E-state index contributed by atoms with van der Waals surface area (Å²) in [5.41, 5.74) is 1.24. The molecule has 2 aromatic carbocycles. The van der Waals surface area contributed by atoms with Crippen molar-refractivity contribution in [2.75, 3.05) is 12.4 Å². The molecule has 0 fully saturated rings. The molecule has 4 nitrogen and oxygen atoms in total. The maximum absolute atomic E-state index is 12.0. The number of hydrogen-bond acceptors (Lipinski definition) is 3. The zero-order valence-corrected chi connectivity index (χ0v) is 12.3. The molecule has 6 heteroatoms. The Morgan fingerprint density at radius 1 is 1.13 bits per heavy atom. The number of ether oxygens (including phenoxy) is 2. The van der Waals surface area contributed by atoms with E-state index in [1.54, 1.807) is 19.3 Å². The highest BCUT2D eigenvalue weighted by molar-refractivity contribution is 6.02. The fourth-order valence-corrected chi connectivity index (χ4v) is 1.87. The third-order valence-electron chi connectivity index (χ3n) is 2.90. The normalized spacial score (nSPS) is 10.8. The molecule has 0 saturated carbocycles. The molecule has 0 aliphatic heterocycles. The highest BCUT2D eigenvalue weighted by atomic mass is 19.3. The molecular formula is C17H15F2NO3. The number of anilines is 1. The third kappa shape index (κ3) is 5.10. The van der Waals surface area contributed by atoms with Crippen molar-refractivity contribution in [1.82, 2.24) is 0 Å². The van der Waals surface area contributed by atoms with E-state index in [4.69, 9.17) is 4.74 Å². The number of para-hydroxylation sites is 1. The van der Waals surface area contributed by atoms with Crippen LogP contribution >= 0.6 is 0 Å². The van der Waals surface area contributed by atoms with E-state index in [0.717, 1.165) is 5.56 Å². The average molecular weight is 319 g/mol. The van der Waals surface area contributed by atoms with Crippen LogP contribution in [0.1, 0.15) is 5.56 Å². The second-order valence-corrected chi connectivity index (χ2v) is 4.47. The minimum absolute atomic E-state index is 0.0302. The Balaban J connectivity index is 1.97. The lowest BCUT2D eigenvalue weighted by atomic mass is 10.2. The van der Waals surface area contributed by atoms with Gasteiger partial charge in [0.15, 0.2) is 0 Å². The smallest absolute Gasteiger partial charge is 0.387 e. The molecule has 0 aromatic heterocycles. The van der Waals surface area contributed by atoms with E-state index in [2.05, 4.69) is 10.1 Å². The van der Waals surface area contributed by atoms with Gasteiger partial charge < -0.3 is 14.8 Å². The molecule has 2 aromatic rings. The molecule has 0 unspecified atom stereocenters. The van der Waals surface area contributed by atoms with E-state index in [-0.39, 0.29) is 11.7 Å². The summed E-state index contributed by atoms with van der Waals surface area (Å²) in [5, 5.41) is 2.62. The zero-order chi connectivity index (χ0) is 16.7. The monoisotopic (exact) mass is 319 g/mol. The van der Waals surface area contributed by atoms with Crippen LogP contribution in [0.3, 0.4) is 0 Å². The van der Waals surface area contributed by atoms with Gasteiger partial charge in [-0.05, 0) is 36.4 Å². The molecule has 0 aliphatic rings. The van der Waals surface area contributed by atoms with Gasteiger partial charge >= 0.3 is 6.61 Å². The largest absolute Gasteiger partial charge is 0.496 e. The van der Waals surface area contributed by atoms with Crippen LogP contribution in [-0.2, 0) is 4.79 Å². The van der Waals surface area contributed by atoms with Crippen LogP contribution in [0.15, 0.2) is 54.6 Å². The van der Waals surface area contributed by atoms with Gasteiger partial charge in [-0.1, -0.05) is 18.2 Å². The van der Waals surface area contributed by atoms with Gasteiger partial charge in [0.25, 0.3) is 0 Å². The van der Waals surface area contributed by atoms with E-state index in [1.807, 2.05) is 18.2 Å². The van der Waals surface area contributed by atoms with Gasteiger partial charge in [-0.3, -0.25) is 4.79 Å². The first-order chi connectivity index (χ1) is 11.1. The minimum Gasteiger partial charge on any atom is -0.496 e. The fourth-order valence-electron chi connectivity index (χ4n) is 1.87. The van der Waals surface area contributed by atoms with Crippen molar-refractivity contribution < 1.29 is 23.0 Å². The number of benzene rings is 2. The Morgan fingerprint density at radius 3 is 2.48 bits per heavy atom. The third-order valence-corrected chi connectivity index (χ3v) is 2.90. The molecule has 1 N–H and O–H groups in total. The van der Waals surface area contributed by atoms with Gasteiger partial charge in [0.1, 0.15) is 11.5 Å². The number of carbonyl (C=O) groups is 1. The van der Waals surface area contributed by atoms with E-state index >= 15 is 0 Å². The minimum atomic E-state index is -2.88. The van der Waals surface area contributed by atoms with Gasteiger partial charge in [0.05, 0.1) is 7.11 Å². The Kier molecular flexibility index (Phi) is 5.68. The predicted molar refractivity (Wildman–Crippen MR) is 83.7 cm³/mol. The van der Waals surface area contributed by atoms with Crippen molar-refractivity contribution in [2.24, 2.45) is 0 Å². The Morgan fingerprint density at radius 2 is 1.83 bits per heavy atom. The lowest BCUT2D eigenvalue weighted by Gasteiger charge is -2.06. The number of halogens is 2. The van der Waals surface area contributed by atoms with Crippen molar-refractivity contribution >= 4 is 17.7 Å². The average Bonchev–Trinajstić information content (AvgIpc) is 2.54. The summed E-state index contributed by atoms with van der Waals surface area (Å²) in [6.07, 6.45) is 2.99. The van der Waals surface area contributed by atoms with Crippen LogP contribution in [0.4, 0.5) is 14.5 Å². The number of methoxy groups -OCH3 is 1. The topological polar surface area (TPSA) is 47.6 Å². The van der Waals surface area contributed by atoms with Crippen LogP contribution in [0.5, 0.6) is 11.5 Å². The molecule has 120 valence electrons. The summed E-state index contributed by atoms with van der Waals surface area (Å²) < 4.78 is 33.5. The summed E-state index contributed by atoms with van der Waals surface area (Å²) in [6.45, 7) is -2.88. The van der Waals surface area contributed by atoms with Gasteiger partial charge in [0, 0.05) is 17.3 Å². The summed E-state index contributed by atoms with van der Waals surface area (Å²) in [7, 11) is 1.55. The first kappa shape index (κ1) is 16.5. The summed E-state index contributed by atoms with van der Waals surface area (Å²) in [5.74, 6) is 0.339. The molecule has 2 rings (SSSR count). The van der Waals surface area contributed by atoms with Crippen LogP contribution in [0, 0.1) is 0 Å². The zero-order valence-electron chi connectivity index (χ0n) is 12.3. The summed E-state index contributed by atoms with van der Waals surface area (Å²) >= 11 is 0. The van der Waals surface area contributed by atoms with Gasteiger partial charge in [-0.15, -0.1) is 0 Å². The quantitative estimate of drug-likeness (QED) is 0.820. The van der Waals surface area contributed by atoms with E-state index in [9.17, 15) is 13.6 Å². The number of alkyl halides is 2. The number of carbonyl (C=O) groups excluding carboxylic acids is 1. The van der Waals surface area contributed by atoms with Gasteiger partial charge in [-0.25, -0.2) is 0 Å². The Hall–Kier alpha value is -2.89. The summed E-state index contributed by atoms with van der Waals surface area (Å²) in [6, 6.07) is 12.9. The van der Waals surface area contributed by atoms with E-state index < -0.39 is 6.61 Å². The van der Waals surface area contributed by atoms with Crippen LogP contribution < -0.4 is 14.8 Å². The van der Waals surface area contributed by atoms with Gasteiger partial charge in [0.2, 0.25) is 5.91 Å². The number of hydrogen-bond donors (Lipinski definition) is 1. The Bertz CT molecular complexity index is 684. The maximum atomic E-state index is 12.0. The summed E-state index contributed by atoms with van der Waals surface area (Å²) in [4.78, 5) is 11.9. The van der Waals surface area contributed by atoms with Crippen molar-refractivity contribution in [3.05, 3.63) is 60.2 Å². The van der Waals surface area contributed by atoms with E-state index in [1.165, 1.54) is 30.3 Å². The predicted octanol–water partition coefficient (Wildman–Crippen LogP) is 3.95. The van der Waals surface area contributed by atoms with Crippen molar-refractivity contribution in [2.45, 2.75) is 6.61 Å². The van der Waals surface area contributed by atoms with Crippen molar-refractivity contribution in [3.63, 3.8) is 0 Å². The lowest BCUT2D eigenvalue weighted by molar-refractivity contribution is -0.111. The second-order valence-electron chi connectivity index (χ2n) is 4.47. The van der Waals surface area contributed by atoms with Crippen molar-refractivity contribution in [3.8, 4) is 11.5 Å². The Labute approximate surface area is 132 Å². The molecular weight excluding hydrogens is 304 g/mol. The molecule has 0 spiro atoms. The molecule has 23 heavy (non-hydrogen) atoms.